The molecule has 0 radical (unpaired) electrons. The fourth-order valence-corrected chi connectivity index (χ4v) is 4.54. The summed E-state index contributed by atoms with van der Waals surface area (Å²) in [7, 11) is -3.10. The summed E-state index contributed by atoms with van der Waals surface area (Å²) < 4.78 is 26.0. The molecule has 0 spiro atoms. The van der Waals surface area contributed by atoms with Crippen molar-refractivity contribution in [2.24, 2.45) is 5.16 Å². The highest BCUT2D eigenvalue weighted by Gasteiger charge is 2.35. The third-order valence-corrected chi connectivity index (χ3v) is 5.92. The van der Waals surface area contributed by atoms with Gasteiger partial charge in [-0.05, 0) is 12.8 Å². The molecule has 6 heteroatoms. The van der Waals surface area contributed by atoms with E-state index in [9.17, 15) is 8.42 Å². The smallest absolute Gasteiger partial charge is 0.217 e. The normalized spacial score (nSPS) is 24.9. The molecule has 0 amide bonds. The number of hydrogen-bond donors (Lipinski definition) is 1. The number of sulfonamides is 1. The van der Waals surface area contributed by atoms with E-state index in [0.29, 0.717) is 31.6 Å². The first-order valence-electron chi connectivity index (χ1n) is 5.83. The summed E-state index contributed by atoms with van der Waals surface area (Å²) in [6.45, 7) is 0.941. The van der Waals surface area contributed by atoms with E-state index in [4.69, 9.17) is 5.21 Å². The van der Waals surface area contributed by atoms with Crippen LogP contribution in [0.15, 0.2) is 5.16 Å². The number of hydrogen-bond acceptors (Lipinski definition) is 4. The Labute approximate surface area is 96.2 Å². The Hall–Kier alpha value is -0.620. The maximum atomic E-state index is 12.2. The molecular formula is C10H18N2O3S. The number of piperidine rings is 1. The first kappa shape index (κ1) is 11.9. The van der Waals surface area contributed by atoms with Gasteiger partial charge >= 0.3 is 0 Å². The van der Waals surface area contributed by atoms with Crippen LogP contribution in [0.25, 0.3) is 0 Å². The van der Waals surface area contributed by atoms with Crippen molar-refractivity contribution in [2.75, 3.05) is 13.1 Å². The lowest BCUT2D eigenvalue weighted by molar-refractivity contribution is 0.309. The highest BCUT2D eigenvalue weighted by molar-refractivity contribution is 7.89. The van der Waals surface area contributed by atoms with E-state index in [0.717, 1.165) is 25.7 Å². The molecule has 92 valence electrons. The molecule has 2 aliphatic rings. The summed E-state index contributed by atoms with van der Waals surface area (Å²) >= 11 is 0. The van der Waals surface area contributed by atoms with Crippen LogP contribution in [-0.4, -0.2) is 42.0 Å². The van der Waals surface area contributed by atoms with E-state index in [2.05, 4.69) is 5.16 Å². The van der Waals surface area contributed by atoms with Gasteiger partial charge in [-0.25, -0.2) is 12.7 Å². The Morgan fingerprint density at radius 2 is 1.75 bits per heavy atom. The molecule has 16 heavy (non-hydrogen) atoms. The third-order valence-electron chi connectivity index (χ3n) is 3.52. The summed E-state index contributed by atoms with van der Waals surface area (Å²) in [6, 6.07) is 0. The number of oxime groups is 1. The molecule has 1 saturated carbocycles. The van der Waals surface area contributed by atoms with E-state index in [1.54, 1.807) is 4.31 Å². The van der Waals surface area contributed by atoms with Crippen LogP contribution in [0.4, 0.5) is 0 Å². The predicted octanol–water partition coefficient (Wildman–Crippen LogP) is 1.18. The zero-order valence-corrected chi connectivity index (χ0v) is 10.1. The molecule has 1 heterocycles. The fraction of sp³-hybridized carbons (Fsp3) is 0.900. The Balaban J connectivity index is 2.02. The Morgan fingerprint density at radius 3 is 2.25 bits per heavy atom. The highest BCUT2D eigenvalue weighted by Crippen LogP contribution is 2.28. The van der Waals surface area contributed by atoms with Gasteiger partial charge in [-0.15, -0.1) is 0 Å². The van der Waals surface area contributed by atoms with Gasteiger partial charge in [0, 0.05) is 25.9 Å². The minimum Gasteiger partial charge on any atom is -0.411 e. The second-order valence-electron chi connectivity index (χ2n) is 4.52. The van der Waals surface area contributed by atoms with Gasteiger partial charge in [0.15, 0.2) is 0 Å². The largest absolute Gasteiger partial charge is 0.411 e. The van der Waals surface area contributed by atoms with E-state index in [1.807, 2.05) is 0 Å². The van der Waals surface area contributed by atoms with Gasteiger partial charge in [-0.1, -0.05) is 18.0 Å². The van der Waals surface area contributed by atoms with Crippen LogP contribution in [0.5, 0.6) is 0 Å². The van der Waals surface area contributed by atoms with Crippen molar-refractivity contribution in [3.63, 3.8) is 0 Å². The first-order valence-corrected chi connectivity index (χ1v) is 7.33. The molecule has 1 N–H and O–H groups in total. The summed E-state index contributed by atoms with van der Waals surface area (Å²) in [6.07, 6.45) is 4.78. The maximum absolute atomic E-state index is 12.2. The van der Waals surface area contributed by atoms with Crippen LogP contribution < -0.4 is 0 Å². The Kier molecular flexibility index (Phi) is 3.49. The van der Waals surface area contributed by atoms with Gasteiger partial charge in [0.1, 0.15) is 0 Å². The van der Waals surface area contributed by atoms with Crippen molar-refractivity contribution < 1.29 is 13.6 Å². The number of nitrogens with zero attached hydrogens (tertiary/aromatic N) is 2. The zero-order valence-electron chi connectivity index (χ0n) is 9.30. The second-order valence-corrected chi connectivity index (χ2v) is 6.73. The lowest BCUT2D eigenvalue weighted by atomic mass is 10.1. The van der Waals surface area contributed by atoms with Crippen LogP contribution >= 0.6 is 0 Å². The molecule has 1 aliphatic heterocycles. The maximum Gasteiger partial charge on any atom is 0.217 e. The summed E-state index contributed by atoms with van der Waals surface area (Å²) in [5, 5.41) is 11.6. The molecule has 0 aromatic carbocycles. The zero-order chi connectivity index (χ0) is 11.6. The van der Waals surface area contributed by atoms with Crippen LogP contribution in [0.2, 0.25) is 0 Å². The summed E-state index contributed by atoms with van der Waals surface area (Å²) in [5.74, 6) is 0. The van der Waals surface area contributed by atoms with Crippen molar-refractivity contribution in [1.29, 1.82) is 0 Å². The fourth-order valence-electron chi connectivity index (χ4n) is 2.50. The summed E-state index contributed by atoms with van der Waals surface area (Å²) in [4.78, 5) is 0. The van der Waals surface area contributed by atoms with Gasteiger partial charge in [0.2, 0.25) is 10.0 Å². The van der Waals surface area contributed by atoms with Gasteiger partial charge in [-0.3, -0.25) is 0 Å². The van der Waals surface area contributed by atoms with E-state index in [-0.39, 0.29) is 5.25 Å². The quantitative estimate of drug-likeness (QED) is 0.587. The van der Waals surface area contributed by atoms with Gasteiger partial charge < -0.3 is 5.21 Å². The van der Waals surface area contributed by atoms with E-state index >= 15 is 0 Å². The third kappa shape index (κ3) is 2.22. The molecule has 0 aromatic heterocycles. The monoisotopic (exact) mass is 246 g/mol. The lowest BCUT2D eigenvalue weighted by Gasteiger charge is -2.28. The van der Waals surface area contributed by atoms with Gasteiger partial charge in [-0.2, -0.15) is 0 Å². The molecule has 0 bridgehead atoms. The molecule has 1 aliphatic carbocycles. The second kappa shape index (κ2) is 4.71. The van der Waals surface area contributed by atoms with Crippen molar-refractivity contribution in [1.82, 2.24) is 4.31 Å². The molecule has 0 unspecified atom stereocenters. The first-order chi connectivity index (χ1) is 7.64. The predicted molar refractivity (Wildman–Crippen MR) is 61.2 cm³/mol. The average Bonchev–Trinajstić information content (AvgIpc) is 2.83. The topological polar surface area (TPSA) is 70.0 Å². The van der Waals surface area contributed by atoms with Crippen molar-refractivity contribution in [3.05, 3.63) is 0 Å². The molecule has 2 fully saturated rings. The van der Waals surface area contributed by atoms with Gasteiger partial charge in [0.25, 0.3) is 0 Å². The molecule has 0 atom stereocenters. The SMILES string of the molecule is O=S(=O)(C1CCCC1)N1CCC(=NO)CC1. The lowest BCUT2D eigenvalue weighted by Crippen LogP contribution is -2.42. The summed E-state index contributed by atoms with van der Waals surface area (Å²) in [5.41, 5.74) is 0.706. The van der Waals surface area contributed by atoms with Crippen molar-refractivity contribution >= 4 is 15.7 Å². The van der Waals surface area contributed by atoms with Crippen molar-refractivity contribution in [3.8, 4) is 0 Å². The van der Waals surface area contributed by atoms with Crippen LogP contribution in [-0.2, 0) is 10.0 Å². The van der Waals surface area contributed by atoms with Crippen LogP contribution in [0.3, 0.4) is 0 Å². The van der Waals surface area contributed by atoms with Gasteiger partial charge in [0.05, 0.1) is 11.0 Å². The number of rotatable bonds is 2. The minimum absolute atomic E-state index is 0.167. The standard InChI is InChI=1S/C10H18N2O3S/c13-11-9-5-7-12(8-6-9)16(14,15)10-3-1-2-4-10/h10,13H,1-8H2. The van der Waals surface area contributed by atoms with E-state index in [1.165, 1.54) is 0 Å². The highest BCUT2D eigenvalue weighted by atomic mass is 32.2. The van der Waals surface area contributed by atoms with Crippen LogP contribution in [0, 0.1) is 0 Å². The average molecular weight is 246 g/mol. The van der Waals surface area contributed by atoms with E-state index < -0.39 is 10.0 Å². The Bertz CT molecular complexity index is 362. The molecule has 2 rings (SSSR count). The minimum atomic E-state index is -3.10. The molecule has 5 nitrogen and oxygen atoms in total. The molecular weight excluding hydrogens is 228 g/mol. The van der Waals surface area contributed by atoms with Crippen LogP contribution in [0.1, 0.15) is 38.5 Å². The van der Waals surface area contributed by atoms with Crippen molar-refractivity contribution in [2.45, 2.75) is 43.8 Å². The molecule has 0 aromatic rings. The molecule has 1 saturated heterocycles. The Morgan fingerprint density at radius 1 is 1.19 bits per heavy atom.